The van der Waals surface area contributed by atoms with Crippen molar-refractivity contribution < 1.29 is 9.90 Å². The SMILES string of the molecule is Cc1cc(CC(N)C(=O)O)ccc1Br. The molecule has 0 aliphatic carbocycles. The summed E-state index contributed by atoms with van der Waals surface area (Å²) in [6.07, 6.45) is 0.365. The van der Waals surface area contributed by atoms with Gasteiger partial charge in [0.2, 0.25) is 0 Å². The highest BCUT2D eigenvalue weighted by atomic mass is 79.9. The zero-order valence-corrected chi connectivity index (χ0v) is 9.41. The summed E-state index contributed by atoms with van der Waals surface area (Å²) in [5.74, 6) is -0.967. The molecule has 0 saturated heterocycles. The normalized spacial score (nSPS) is 12.5. The Bertz CT molecular complexity index is 352. The van der Waals surface area contributed by atoms with Crippen molar-refractivity contribution in [3.63, 3.8) is 0 Å². The Hall–Kier alpha value is -0.870. The number of rotatable bonds is 3. The smallest absolute Gasteiger partial charge is 0.320 e. The molecular weight excluding hydrogens is 246 g/mol. The van der Waals surface area contributed by atoms with Gasteiger partial charge in [0.1, 0.15) is 6.04 Å². The van der Waals surface area contributed by atoms with Crippen LogP contribution in [0.15, 0.2) is 22.7 Å². The van der Waals surface area contributed by atoms with E-state index in [1.165, 1.54) is 0 Å². The Morgan fingerprint density at radius 2 is 2.29 bits per heavy atom. The molecule has 0 aliphatic rings. The minimum atomic E-state index is -0.967. The molecule has 1 unspecified atom stereocenters. The van der Waals surface area contributed by atoms with Crippen LogP contribution in [0.4, 0.5) is 0 Å². The molecule has 0 fully saturated rings. The Morgan fingerprint density at radius 3 is 2.79 bits per heavy atom. The maximum absolute atomic E-state index is 10.5. The summed E-state index contributed by atoms with van der Waals surface area (Å²) in [7, 11) is 0. The number of aryl methyl sites for hydroxylation is 1. The molecular formula is C10H12BrNO2. The van der Waals surface area contributed by atoms with E-state index >= 15 is 0 Å². The fourth-order valence-corrected chi connectivity index (χ4v) is 1.42. The van der Waals surface area contributed by atoms with Gasteiger partial charge in [0.25, 0.3) is 0 Å². The van der Waals surface area contributed by atoms with E-state index in [9.17, 15) is 4.79 Å². The molecule has 0 heterocycles. The molecule has 0 spiro atoms. The molecule has 14 heavy (non-hydrogen) atoms. The Kier molecular flexibility index (Phi) is 3.66. The Morgan fingerprint density at radius 1 is 1.64 bits per heavy atom. The summed E-state index contributed by atoms with van der Waals surface area (Å²) >= 11 is 3.38. The molecule has 0 amide bonds. The summed E-state index contributed by atoms with van der Waals surface area (Å²) < 4.78 is 1.02. The lowest BCUT2D eigenvalue weighted by molar-refractivity contribution is -0.138. The number of benzene rings is 1. The minimum Gasteiger partial charge on any atom is -0.480 e. The van der Waals surface area contributed by atoms with Crippen molar-refractivity contribution in [1.82, 2.24) is 0 Å². The molecule has 3 N–H and O–H groups in total. The highest BCUT2D eigenvalue weighted by Gasteiger charge is 2.12. The third kappa shape index (κ3) is 2.82. The lowest BCUT2D eigenvalue weighted by atomic mass is 10.0. The highest BCUT2D eigenvalue weighted by molar-refractivity contribution is 9.10. The van der Waals surface area contributed by atoms with Crippen LogP contribution in [0.25, 0.3) is 0 Å². The maximum Gasteiger partial charge on any atom is 0.320 e. The molecule has 1 aromatic carbocycles. The Balaban J connectivity index is 2.78. The number of halogens is 1. The zero-order chi connectivity index (χ0) is 10.7. The molecule has 3 nitrogen and oxygen atoms in total. The first kappa shape index (κ1) is 11.2. The fraction of sp³-hybridized carbons (Fsp3) is 0.300. The van der Waals surface area contributed by atoms with Crippen LogP contribution in [0.3, 0.4) is 0 Å². The van der Waals surface area contributed by atoms with E-state index in [0.717, 1.165) is 15.6 Å². The molecule has 0 bridgehead atoms. The number of hydrogen-bond donors (Lipinski definition) is 2. The topological polar surface area (TPSA) is 63.3 Å². The molecule has 0 saturated carbocycles. The van der Waals surface area contributed by atoms with Crippen LogP contribution in [0.5, 0.6) is 0 Å². The van der Waals surface area contributed by atoms with Crippen molar-refractivity contribution in [3.05, 3.63) is 33.8 Å². The first-order valence-electron chi connectivity index (χ1n) is 4.24. The van der Waals surface area contributed by atoms with E-state index in [4.69, 9.17) is 10.8 Å². The van der Waals surface area contributed by atoms with Gasteiger partial charge in [-0.05, 0) is 30.5 Å². The van der Waals surface area contributed by atoms with Gasteiger partial charge in [0.15, 0.2) is 0 Å². The average Bonchev–Trinajstić information content (AvgIpc) is 2.11. The minimum absolute atomic E-state index is 0.365. The van der Waals surface area contributed by atoms with Crippen molar-refractivity contribution in [2.24, 2.45) is 5.73 Å². The van der Waals surface area contributed by atoms with Crippen molar-refractivity contribution in [1.29, 1.82) is 0 Å². The molecule has 76 valence electrons. The summed E-state index contributed by atoms with van der Waals surface area (Å²) in [6.45, 7) is 1.96. The van der Waals surface area contributed by atoms with Crippen molar-refractivity contribution >= 4 is 21.9 Å². The standard InChI is InChI=1S/C10H12BrNO2/c1-6-4-7(2-3-8(6)11)5-9(12)10(13)14/h2-4,9H,5,12H2,1H3,(H,13,14). The van der Waals surface area contributed by atoms with Gasteiger partial charge in [-0.15, -0.1) is 0 Å². The number of nitrogens with two attached hydrogens (primary N) is 1. The van der Waals surface area contributed by atoms with Gasteiger partial charge in [-0.1, -0.05) is 28.1 Å². The number of aliphatic carboxylic acids is 1. The number of hydrogen-bond acceptors (Lipinski definition) is 2. The Labute approximate surface area is 91.1 Å². The summed E-state index contributed by atoms with van der Waals surface area (Å²) in [5, 5.41) is 8.63. The van der Waals surface area contributed by atoms with Crippen LogP contribution < -0.4 is 5.73 Å². The van der Waals surface area contributed by atoms with Gasteiger partial charge in [-0.3, -0.25) is 4.79 Å². The summed E-state index contributed by atoms with van der Waals surface area (Å²) in [4.78, 5) is 10.5. The first-order chi connectivity index (χ1) is 6.50. The maximum atomic E-state index is 10.5. The van der Waals surface area contributed by atoms with Crippen molar-refractivity contribution in [2.75, 3.05) is 0 Å². The van der Waals surface area contributed by atoms with E-state index in [-0.39, 0.29) is 0 Å². The van der Waals surface area contributed by atoms with Gasteiger partial charge >= 0.3 is 5.97 Å². The van der Waals surface area contributed by atoms with Gasteiger partial charge in [0.05, 0.1) is 0 Å². The fourth-order valence-electron chi connectivity index (χ4n) is 1.18. The van der Waals surface area contributed by atoms with Crippen molar-refractivity contribution in [3.8, 4) is 0 Å². The van der Waals surface area contributed by atoms with E-state index in [2.05, 4.69) is 15.9 Å². The highest BCUT2D eigenvalue weighted by Crippen LogP contribution is 2.17. The molecule has 1 atom stereocenters. The van der Waals surface area contributed by atoms with Crippen LogP contribution in [0.1, 0.15) is 11.1 Å². The van der Waals surface area contributed by atoms with Gasteiger partial charge in [0, 0.05) is 4.47 Å². The number of carboxylic acids is 1. The predicted octanol–water partition coefficient (Wildman–Crippen LogP) is 1.71. The third-order valence-electron chi connectivity index (χ3n) is 2.00. The van der Waals surface area contributed by atoms with Gasteiger partial charge in [-0.25, -0.2) is 0 Å². The van der Waals surface area contributed by atoms with Crippen LogP contribution in [0.2, 0.25) is 0 Å². The van der Waals surface area contributed by atoms with Gasteiger partial charge < -0.3 is 10.8 Å². The largest absolute Gasteiger partial charge is 0.480 e. The second-order valence-electron chi connectivity index (χ2n) is 3.23. The predicted molar refractivity (Wildman–Crippen MR) is 58.2 cm³/mol. The van der Waals surface area contributed by atoms with E-state index in [0.29, 0.717) is 6.42 Å². The monoisotopic (exact) mass is 257 g/mol. The number of carbonyl (C=O) groups is 1. The zero-order valence-electron chi connectivity index (χ0n) is 7.83. The molecule has 0 radical (unpaired) electrons. The summed E-state index contributed by atoms with van der Waals surface area (Å²) in [6, 6.07) is 4.89. The van der Waals surface area contributed by atoms with Crippen LogP contribution in [-0.4, -0.2) is 17.1 Å². The van der Waals surface area contributed by atoms with Gasteiger partial charge in [-0.2, -0.15) is 0 Å². The lowest BCUT2D eigenvalue weighted by Gasteiger charge is -2.07. The molecule has 4 heteroatoms. The van der Waals surface area contributed by atoms with Crippen LogP contribution in [-0.2, 0) is 11.2 Å². The number of carboxylic acid groups (broad SMARTS) is 1. The van der Waals surface area contributed by atoms with E-state index in [1.807, 2.05) is 25.1 Å². The van der Waals surface area contributed by atoms with E-state index < -0.39 is 12.0 Å². The average molecular weight is 258 g/mol. The molecule has 0 aliphatic heterocycles. The second-order valence-corrected chi connectivity index (χ2v) is 4.09. The first-order valence-corrected chi connectivity index (χ1v) is 5.03. The van der Waals surface area contributed by atoms with Crippen LogP contribution in [0, 0.1) is 6.92 Å². The quantitative estimate of drug-likeness (QED) is 0.867. The third-order valence-corrected chi connectivity index (χ3v) is 2.88. The molecule has 1 rings (SSSR count). The molecule has 1 aromatic rings. The van der Waals surface area contributed by atoms with Crippen molar-refractivity contribution in [2.45, 2.75) is 19.4 Å². The lowest BCUT2D eigenvalue weighted by Crippen LogP contribution is -2.32. The van der Waals surface area contributed by atoms with E-state index in [1.54, 1.807) is 0 Å². The molecule has 0 aromatic heterocycles. The summed E-state index contributed by atoms with van der Waals surface area (Å²) in [5.41, 5.74) is 7.45. The van der Waals surface area contributed by atoms with Crippen LogP contribution >= 0.6 is 15.9 Å². The second kappa shape index (κ2) is 4.57.